The molecular weight excluding hydrogens is 263 g/mol. The fourth-order valence-electron chi connectivity index (χ4n) is 2.08. The Morgan fingerprint density at radius 2 is 2.06 bits per heavy atom. The fourth-order valence-corrected chi connectivity index (χ4v) is 2.34. The summed E-state index contributed by atoms with van der Waals surface area (Å²) < 4.78 is 5.38. The van der Waals surface area contributed by atoms with Gasteiger partial charge in [0.1, 0.15) is 0 Å². The van der Waals surface area contributed by atoms with Gasteiger partial charge in [0.25, 0.3) is 0 Å². The summed E-state index contributed by atoms with van der Waals surface area (Å²) in [5.74, 6) is 0.472. The quantitative estimate of drug-likeness (QED) is 0.919. The minimum Gasteiger partial charge on any atom is -0.381 e. The van der Waals surface area contributed by atoms with Gasteiger partial charge in [0.2, 0.25) is 5.28 Å². The summed E-state index contributed by atoms with van der Waals surface area (Å²) >= 11 is 11.6. The van der Waals surface area contributed by atoms with Gasteiger partial charge in [-0.25, -0.2) is 0 Å². The van der Waals surface area contributed by atoms with E-state index in [9.17, 15) is 0 Å². The van der Waals surface area contributed by atoms with Crippen LogP contribution in [0, 0.1) is 5.41 Å². The van der Waals surface area contributed by atoms with Crippen LogP contribution >= 0.6 is 23.2 Å². The number of rotatable bonds is 3. The van der Waals surface area contributed by atoms with E-state index >= 15 is 0 Å². The summed E-state index contributed by atoms with van der Waals surface area (Å²) in [7, 11) is 1.72. The first-order valence-electron chi connectivity index (χ1n) is 5.30. The molecule has 1 fully saturated rings. The zero-order valence-corrected chi connectivity index (χ0v) is 11.4. The molecule has 1 heterocycles. The number of halogens is 2. The standard InChI is InChI=1S/C10H14Cl2N4O/c1-10(2)5(4-6(10)17-3)13-8-7(11)15-16-9(12)14-8/h5-6H,4H2,1-3H3,(H,13,14,16). The van der Waals surface area contributed by atoms with Gasteiger partial charge in [0, 0.05) is 18.6 Å². The Hall–Kier alpha value is -0.650. The second-order valence-electron chi connectivity index (χ2n) is 4.70. The summed E-state index contributed by atoms with van der Waals surface area (Å²) in [5, 5.41) is 10.8. The van der Waals surface area contributed by atoms with Crippen molar-refractivity contribution in [3.63, 3.8) is 0 Å². The first-order valence-corrected chi connectivity index (χ1v) is 6.05. The Labute approximate surface area is 110 Å². The largest absolute Gasteiger partial charge is 0.381 e. The van der Waals surface area contributed by atoms with E-state index in [0.29, 0.717) is 5.82 Å². The fraction of sp³-hybridized carbons (Fsp3) is 0.700. The number of hydrogen-bond donors (Lipinski definition) is 1. The molecule has 0 saturated heterocycles. The van der Waals surface area contributed by atoms with Crippen molar-refractivity contribution in [3.05, 3.63) is 10.4 Å². The topological polar surface area (TPSA) is 59.9 Å². The minimum atomic E-state index is 0.0233. The number of nitrogens with one attached hydrogen (secondary N) is 1. The van der Waals surface area contributed by atoms with Crippen LogP contribution in [0.5, 0.6) is 0 Å². The third kappa shape index (κ3) is 2.32. The van der Waals surface area contributed by atoms with Crippen LogP contribution in [0.3, 0.4) is 0 Å². The Morgan fingerprint density at radius 3 is 2.65 bits per heavy atom. The third-order valence-corrected chi connectivity index (χ3v) is 3.81. The van der Waals surface area contributed by atoms with Crippen molar-refractivity contribution >= 4 is 29.0 Å². The van der Waals surface area contributed by atoms with E-state index in [4.69, 9.17) is 27.9 Å². The molecule has 2 atom stereocenters. The molecule has 0 bridgehead atoms. The van der Waals surface area contributed by atoms with E-state index in [1.165, 1.54) is 0 Å². The van der Waals surface area contributed by atoms with Crippen LogP contribution in [0.4, 0.5) is 5.82 Å². The van der Waals surface area contributed by atoms with Crippen molar-refractivity contribution in [2.24, 2.45) is 5.41 Å². The molecule has 1 aliphatic carbocycles. The second kappa shape index (κ2) is 4.55. The van der Waals surface area contributed by atoms with Crippen molar-refractivity contribution in [2.45, 2.75) is 32.4 Å². The lowest BCUT2D eigenvalue weighted by Gasteiger charge is -2.51. The van der Waals surface area contributed by atoms with Crippen LogP contribution in [0.15, 0.2) is 0 Å². The van der Waals surface area contributed by atoms with Gasteiger partial charge < -0.3 is 10.1 Å². The number of ether oxygens (including phenoxy) is 1. The summed E-state index contributed by atoms with van der Waals surface area (Å²) in [6.45, 7) is 4.26. The normalized spacial score (nSPS) is 26.4. The maximum Gasteiger partial charge on any atom is 0.245 e. The zero-order chi connectivity index (χ0) is 12.6. The van der Waals surface area contributed by atoms with Crippen molar-refractivity contribution in [3.8, 4) is 0 Å². The van der Waals surface area contributed by atoms with Crippen molar-refractivity contribution in [2.75, 3.05) is 12.4 Å². The molecule has 2 unspecified atom stereocenters. The van der Waals surface area contributed by atoms with E-state index in [0.717, 1.165) is 6.42 Å². The molecule has 0 amide bonds. The summed E-state index contributed by atoms with van der Waals surface area (Å²) in [6.07, 6.45) is 1.14. The van der Waals surface area contributed by atoms with Crippen LogP contribution in [0.1, 0.15) is 20.3 Å². The van der Waals surface area contributed by atoms with Crippen LogP contribution in [0.25, 0.3) is 0 Å². The lowest BCUT2D eigenvalue weighted by atomic mass is 9.64. The molecule has 1 aromatic heterocycles. The highest BCUT2D eigenvalue weighted by atomic mass is 35.5. The molecule has 0 aromatic carbocycles. The predicted molar refractivity (Wildman–Crippen MR) is 66.5 cm³/mol. The van der Waals surface area contributed by atoms with Crippen molar-refractivity contribution < 1.29 is 4.74 Å². The molecule has 0 aliphatic heterocycles. The monoisotopic (exact) mass is 276 g/mol. The smallest absolute Gasteiger partial charge is 0.245 e. The third-order valence-electron chi connectivity index (χ3n) is 3.39. The average Bonchev–Trinajstić information content (AvgIpc) is 2.28. The molecule has 5 nitrogen and oxygen atoms in total. The van der Waals surface area contributed by atoms with Crippen molar-refractivity contribution in [1.82, 2.24) is 15.2 Å². The van der Waals surface area contributed by atoms with Crippen LogP contribution in [-0.2, 0) is 4.74 Å². The molecule has 17 heavy (non-hydrogen) atoms. The van der Waals surface area contributed by atoms with Gasteiger partial charge in [-0.05, 0) is 18.0 Å². The molecule has 0 radical (unpaired) electrons. The molecule has 7 heteroatoms. The van der Waals surface area contributed by atoms with Gasteiger partial charge in [-0.1, -0.05) is 25.4 Å². The molecule has 0 spiro atoms. The van der Waals surface area contributed by atoms with Gasteiger partial charge in [0.15, 0.2) is 11.0 Å². The Balaban J connectivity index is 2.10. The summed E-state index contributed by atoms with van der Waals surface area (Å²) in [5.41, 5.74) is 0.0233. The molecule has 1 saturated carbocycles. The number of methoxy groups -OCH3 is 1. The predicted octanol–water partition coefficient (Wildman–Crippen LogP) is 2.40. The van der Waals surface area contributed by atoms with Crippen LogP contribution < -0.4 is 5.32 Å². The van der Waals surface area contributed by atoms with E-state index in [-0.39, 0.29) is 28.0 Å². The first kappa shape index (κ1) is 12.8. The molecule has 94 valence electrons. The van der Waals surface area contributed by atoms with Gasteiger partial charge >= 0.3 is 0 Å². The highest BCUT2D eigenvalue weighted by Crippen LogP contribution is 2.44. The van der Waals surface area contributed by atoms with Gasteiger partial charge in [-0.15, -0.1) is 10.2 Å². The summed E-state index contributed by atoms with van der Waals surface area (Å²) in [4.78, 5) is 4.02. The van der Waals surface area contributed by atoms with Gasteiger partial charge in [-0.3, -0.25) is 0 Å². The first-order chi connectivity index (χ1) is 7.95. The van der Waals surface area contributed by atoms with Gasteiger partial charge in [-0.2, -0.15) is 4.98 Å². The molecule has 1 N–H and O–H groups in total. The molecule has 1 aliphatic rings. The zero-order valence-electron chi connectivity index (χ0n) is 9.87. The lowest BCUT2D eigenvalue weighted by molar-refractivity contribution is -0.0795. The minimum absolute atomic E-state index is 0.0233. The van der Waals surface area contributed by atoms with E-state index in [1.54, 1.807) is 7.11 Å². The van der Waals surface area contributed by atoms with Crippen molar-refractivity contribution in [1.29, 1.82) is 0 Å². The van der Waals surface area contributed by atoms with Crippen LogP contribution in [0.2, 0.25) is 10.4 Å². The molecular formula is C10H14Cl2N4O. The average molecular weight is 277 g/mol. The lowest BCUT2D eigenvalue weighted by Crippen LogP contribution is -2.57. The number of nitrogens with zero attached hydrogens (tertiary/aromatic N) is 3. The SMILES string of the molecule is COC1CC(Nc2nc(Cl)nnc2Cl)C1(C)C. The molecule has 2 rings (SSSR count). The van der Waals surface area contributed by atoms with E-state index < -0.39 is 0 Å². The molecule has 1 aromatic rings. The Bertz CT molecular complexity index is 427. The number of aromatic nitrogens is 3. The Kier molecular flexibility index (Phi) is 3.43. The van der Waals surface area contributed by atoms with Gasteiger partial charge in [0.05, 0.1) is 6.10 Å². The summed E-state index contributed by atoms with van der Waals surface area (Å²) in [6, 6.07) is 0.234. The maximum absolute atomic E-state index is 5.90. The van der Waals surface area contributed by atoms with E-state index in [2.05, 4.69) is 34.3 Å². The highest BCUT2D eigenvalue weighted by molar-refractivity contribution is 6.32. The second-order valence-corrected chi connectivity index (χ2v) is 5.39. The van der Waals surface area contributed by atoms with E-state index in [1.807, 2.05) is 0 Å². The van der Waals surface area contributed by atoms with Crippen LogP contribution in [-0.4, -0.2) is 34.4 Å². The number of anilines is 1. The maximum atomic E-state index is 5.90. The highest BCUT2D eigenvalue weighted by Gasteiger charge is 2.48. The number of hydrogen-bond acceptors (Lipinski definition) is 5. The Morgan fingerprint density at radius 1 is 1.35 bits per heavy atom.